The van der Waals surface area contributed by atoms with Gasteiger partial charge in [0.25, 0.3) is 0 Å². The van der Waals surface area contributed by atoms with Crippen LogP contribution in [-0.4, -0.2) is 19.8 Å². The number of hydrogen-bond acceptors (Lipinski definition) is 3. The fourth-order valence-corrected chi connectivity index (χ4v) is 4.18. The van der Waals surface area contributed by atoms with Crippen molar-refractivity contribution in [1.82, 2.24) is 0 Å². The van der Waals surface area contributed by atoms with E-state index in [1.807, 2.05) is 14.1 Å². The summed E-state index contributed by atoms with van der Waals surface area (Å²) in [6.45, 7) is 6.41. The molecular formula is C26H28ClN3. The van der Waals surface area contributed by atoms with Crippen LogP contribution in [0.1, 0.15) is 34.7 Å². The van der Waals surface area contributed by atoms with Gasteiger partial charge in [-0.15, -0.1) is 12.4 Å². The highest BCUT2D eigenvalue weighted by Crippen LogP contribution is 2.42. The van der Waals surface area contributed by atoms with Gasteiger partial charge in [-0.05, 0) is 78.9 Å². The Balaban J connectivity index is 0.00000256. The van der Waals surface area contributed by atoms with Gasteiger partial charge in [0.1, 0.15) is 0 Å². The van der Waals surface area contributed by atoms with Crippen molar-refractivity contribution in [1.29, 1.82) is 0 Å². The smallest absolute Gasteiger partial charge is 0.0712 e. The Kier molecular flexibility index (Phi) is 6.33. The Labute approximate surface area is 185 Å². The van der Waals surface area contributed by atoms with E-state index in [0.717, 1.165) is 22.8 Å². The molecule has 1 heterocycles. The number of halogens is 1. The molecule has 4 heteroatoms. The molecule has 0 atom stereocenters. The van der Waals surface area contributed by atoms with E-state index in [4.69, 9.17) is 4.99 Å². The van der Waals surface area contributed by atoms with E-state index in [9.17, 15) is 0 Å². The zero-order chi connectivity index (χ0) is 20.5. The van der Waals surface area contributed by atoms with Gasteiger partial charge in [-0.3, -0.25) is 4.99 Å². The number of anilines is 2. The summed E-state index contributed by atoms with van der Waals surface area (Å²) in [4.78, 5) is 4.85. The lowest BCUT2D eigenvalue weighted by Gasteiger charge is -2.17. The van der Waals surface area contributed by atoms with Crippen LogP contribution in [-0.2, 0) is 0 Å². The lowest BCUT2D eigenvalue weighted by molar-refractivity contribution is 1.37. The third-order valence-electron chi connectivity index (χ3n) is 5.64. The van der Waals surface area contributed by atoms with Crippen molar-refractivity contribution in [2.45, 2.75) is 20.8 Å². The quantitative estimate of drug-likeness (QED) is 0.485. The predicted molar refractivity (Wildman–Crippen MR) is 134 cm³/mol. The molecule has 0 saturated carbocycles. The van der Waals surface area contributed by atoms with Crippen molar-refractivity contribution in [3.8, 4) is 0 Å². The Morgan fingerprint density at radius 1 is 0.733 bits per heavy atom. The maximum absolute atomic E-state index is 4.85. The van der Waals surface area contributed by atoms with Crippen LogP contribution in [0.4, 0.5) is 17.1 Å². The van der Waals surface area contributed by atoms with Crippen LogP contribution < -0.4 is 10.6 Å². The SMILES string of the molecule is CNc1ccc(C(=C2C(C)=Nc3ccccc32)c2ccc(NC)c(C)c2)cc1C.Cl. The van der Waals surface area contributed by atoms with E-state index in [1.54, 1.807) is 0 Å². The summed E-state index contributed by atoms with van der Waals surface area (Å²) in [5.74, 6) is 0. The summed E-state index contributed by atoms with van der Waals surface area (Å²) in [5.41, 5.74) is 12.9. The standard InChI is InChI=1S/C26H27N3.ClH/c1-16-14-19(10-12-22(16)27-4)26(20-11-13-23(28-5)17(2)15-20)25-18(3)29-24-9-7-6-8-21(24)25;/h6-15,27-28H,1-5H3;1H. The van der Waals surface area contributed by atoms with Gasteiger partial charge in [-0.25, -0.2) is 0 Å². The number of hydrogen-bond donors (Lipinski definition) is 2. The van der Waals surface area contributed by atoms with Gasteiger partial charge in [0.2, 0.25) is 0 Å². The second-order valence-corrected chi connectivity index (χ2v) is 7.52. The Morgan fingerprint density at radius 2 is 1.27 bits per heavy atom. The molecule has 0 spiro atoms. The molecule has 2 N–H and O–H groups in total. The molecule has 4 rings (SSSR count). The van der Waals surface area contributed by atoms with Crippen LogP contribution >= 0.6 is 12.4 Å². The second kappa shape index (κ2) is 8.76. The average molecular weight is 418 g/mol. The van der Waals surface area contributed by atoms with Gasteiger partial charge in [-0.1, -0.05) is 30.3 Å². The second-order valence-electron chi connectivity index (χ2n) is 7.52. The summed E-state index contributed by atoms with van der Waals surface area (Å²) >= 11 is 0. The first-order valence-corrected chi connectivity index (χ1v) is 10.0. The van der Waals surface area contributed by atoms with E-state index < -0.39 is 0 Å². The minimum Gasteiger partial charge on any atom is -0.388 e. The van der Waals surface area contributed by atoms with Crippen LogP contribution in [0.25, 0.3) is 11.1 Å². The molecular weight excluding hydrogens is 390 g/mol. The van der Waals surface area contributed by atoms with Crippen molar-refractivity contribution >= 4 is 46.3 Å². The van der Waals surface area contributed by atoms with E-state index in [2.05, 4.69) is 92.1 Å². The number of fused-ring (bicyclic) bond motifs is 1. The van der Waals surface area contributed by atoms with Crippen molar-refractivity contribution in [2.24, 2.45) is 4.99 Å². The van der Waals surface area contributed by atoms with Crippen LogP contribution in [0.2, 0.25) is 0 Å². The average Bonchev–Trinajstić information content (AvgIpc) is 3.04. The lowest BCUT2D eigenvalue weighted by Crippen LogP contribution is -2.01. The van der Waals surface area contributed by atoms with Gasteiger partial charge in [0.05, 0.1) is 5.69 Å². The number of aliphatic imine (C=N–C) groups is 1. The van der Waals surface area contributed by atoms with Crippen LogP contribution in [0, 0.1) is 13.8 Å². The first-order valence-electron chi connectivity index (χ1n) is 10.0. The lowest BCUT2D eigenvalue weighted by atomic mass is 9.87. The van der Waals surface area contributed by atoms with Crippen molar-refractivity contribution in [3.05, 3.63) is 88.5 Å². The minimum atomic E-state index is 0. The summed E-state index contributed by atoms with van der Waals surface area (Å²) in [5, 5.41) is 6.54. The number of aryl methyl sites for hydroxylation is 2. The van der Waals surface area contributed by atoms with Crippen molar-refractivity contribution in [3.63, 3.8) is 0 Å². The number of rotatable bonds is 4. The molecule has 3 aromatic carbocycles. The minimum absolute atomic E-state index is 0. The number of allylic oxidation sites excluding steroid dienone is 1. The Bertz CT molecular complexity index is 1100. The van der Waals surface area contributed by atoms with Gasteiger partial charge in [-0.2, -0.15) is 0 Å². The van der Waals surface area contributed by atoms with Crippen LogP contribution in [0.5, 0.6) is 0 Å². The first-order chi connectivity index (χ1) is 14.0. The highest BCUT2D eigenvalue weighted by molar-refractivity contribution is 6.35. The van der Waals surface area contributed by atoms with E-state index in [0.29, 0.717) is 0 Å². The highest BCUT2D eigenvalue weighted by Gasteiger charge is 2.23. The molecule has 1 aliphatic heterocycles. The zero-order valence-corrected chi connectivity index (χ0v) is 18.9. The van der Waals surface area contributed by atoms with E-state index >= 15 is 0 Å². The van der Waals surface area contributed by atoms with Gasteiger partial charge in [0.15, 0.2) is 0 Å². The normalized spacial score (nSPS) is 12.0. The molecule has 154 valence electrons. The first kappa shape index (κ1) is 21.7. The number of para-hydroxylation sites is 1. The summed E-state index contributed by atoms with van der Waals surface area (Å²) < 4.78 is 0. The summed E-state index contributed by atoms with van der Waals surface area (Å²) in [6.07, 6.45) is 0. The highest BCUT2D eigenvalue weighted by atomic mass is 35.5. The number of benzene rings is 3. The number of nitrogens with zero attached hydrogens (tertiary/aromatic N) is 1. The number of nitrogens with one attached hydrogen (secondary N) is 2. The molecule has 0 aliphatic carbocycles. The molecule has 30 heavy (non-hydrogen) atoms. The molecule has 3 nitrogen and oxygen atoms in total. The molecule has 0 fully saturated rings. The molecule has 0 unspecified atom stereocenters. The molecule has 3 aromatic rings. The topological polar surface area (TPSA) is 36.4 Å². The fourth-order valence-electron chi connectivity index (χ4n) is 4.18. The molecule has 0 aromatic heterocycles. The molecule has 0 amide bonds. The summed E-state index contributed by atoms with van der Waals surface area (Å²) in [6, 6.07) is 21.7. The summed E-state index contributed by atoms with van der Waals surface area (Å²) in [7, 11) is 3.93. The monoisotopic (exact) mass is 417 g/mol. The Morgan fingerprint density at radius 3 is 1.77 bits per heavy atom. The largest absolute Gasteiger partial charge is 0.388 e. The third kappa shape index (κ3) is 3.73. The van der Waals surface area contributed by atoms with Gasteiger partial charge >= 0.3 is 0 Å². The fraction of sp³-hybridized carbons (Fsp3) is 0.192. The van der Waals surface area contributed by atoms with Crippen molar-refractivity contribution < 1.29 is 0 Å². The molecule has 0 radical (unpaired) electrons. The van der Waals surface area contributed by atoms with Crippen molar-refractivity contribution in [2.75, 3.05) is 24.7 Å². The molecule has 1 aliphatic rings. The van der Waals surface area contributed by atoms with Gasteiger partial charge in [0, 0.05) is 42.3 Å². The van der Waals surface area contributed by atoms with Crippen LogP contribution in [0.15, 0.2) is 65.7 Å². The predicted octanol–water partition coefficient (Wildman–Crippen LogP) is 6.87. The van der Waals surface area contributed by atoms with Crippen LogP contribution in [0.3, 0.4) is 0 Å². The van der Waals surface area contributed by atoms with E-state index in [1.165, 1.54) is 39.0 Å². The third-order valence-corrected chi connectivity index (χ3v) is 5.64. The molecule has 0 saturated heterocycles. The van der Waals surface area contributed by atoms with E-state index in [-0.39, 0.29) is 12.4 Å². The molecule has 0 bridgehead atoms. The van der Waals surface area contributed by atoms with Gasteiger partial charge < -0.3 is 10.6 Å². The maximum atomic E-state index is 4.85. The Hall–Kier alpha value is -3.04. The maximum Gasteiger partial charge on any atom is 0.0712 e. The zero-order valence-electron chi connectivity index (χ0n) is 18.1.